The van der Waals surface area contributed by atoms with E-state index in [9.17, 15) is 9.35 Å². The minimum absolute atomic E-state index is 0.00561. The van der Waals surface area contributed by atoms with Crippen LogP contribution >= 0.6 is 11.3 Å². The third kappa shape index (κ3) is 6.22. The minimum atomic E-state index is -0.915. The maximum absolute atomic E-state index is 13.2. The molecule has 1 unspecified atom stereocenters. The molecule has 1 aromatic heterocycles. The maximum Gasteiger partial charge on any atom is 0.251 e. The molecule has 4 rings (SSSR count). The highest BCUT2D eigenvalue weighted by Gasteiger charge is 2.24. The van der Waals surface area contributed by atoms with E-state index < -0.39 is 11.4 Å². The lowest BCUT2D eigenvalue weighted by atomic mass is 9.98. The van der Waals surface area contributed by atoms with Crippen molar-refractivity contribution in [1.29, 1.82) is 0 Å². The monoisotopic (exact) mass is 482 g/mol. The van der Waals surface area contributed by atoms with Crippen LogP contribution in [-0.4, -0.2) is 69.7 Å². The number of piperazine rings is 1. The summed E-state index contributed by atoms with van der Waals surface area (Å²) in [6, 6.07) is 14.4. The van der Waals surface area contributed by atoms with Crippen LogP contribution in [0.1, 0.15) is 22.8 Å². The molecular formula is C25H30N4O2S2. The van der Waals surface area contributed by atoms with E-state index in [1.54, 1.807) is 17.6 Å². The first-order valence-corrected chi connectivity index (χ1v) is 13.5. The second kappa shape index (κ2) is 10.8. The van der Waals surface area contributed by atoms with Crippen LogP contribution in [0.3, 0.4) is 0 Å². The smallest absolute Gasteiger partial charge is 0.251 e. The quantitative estimate of drug-likeness (QED) is 0.519. The SMILES string of the molecule is Cc1ccc(-c2cc(C(=O)N[C@H](C)CN3CCN([S+](C)[O-])CC3)cc(-c3cncs3)c2)cc1. The van der Waals surface area contributed by atoms with E-state index in [-0.39, 0.29) is 11.9 Å². The first kappa shape index (κ1) is 23.9. The van der Waals surface area contributed by atoms with Crippen molar-refractivity contribution in [3.8, 4) is 21.6 Å². The molecule has 8 heteroatoms. The third-order valence-corrected chi connectivity index (χ3v) is 7.82. The van der Waals surface area contributed by atoms with Crippen molar-refractivity contribution >= 4 is 28.6 Å². The van der Waals surface area contributed by atoms with Crippen molar-refractivity contribution in [1.82, 2.24) is 19.5 Å². The second-order valence-electron chi connectivity index (χ2n) is 8.56. The average Bonchev–Trinajstić information content (AvgIpc) is 3.34. The van der Waals surface area contributed by atoms with Gasteiger partial charge >= 0.3 is 0 Å². The molecule has 1 aliphatic heterocycles. The van der Waals surface area contributed by atoms with Crippen molar-refractivity contribution < 1.29 is 9.35 Å². The lowest BCUT2D eigenvalue weighted by Gasteiger charge is -2.34. The number of amides is 1. The van der Waals surface area contributed by atoms with Crippen molar-refractivity contribution in [3.63, 3.8) is 0 Å². The summed E-state index contributed by atoms with van der Waals surface area (Å²) in [4.78, 5) is 20.8. The van der Waals surface area contributed by atoms with Crippen LogP contribution in [0.5, 0.6) is 0 Å². The van der Waals surface area contributed by atoms with Crippen molar-refractivity contribution in [2.45, 2.75) is 19.9 Å². The molecule has 2 aromatic carbocycles. The summed E-state index contributed by atoms with van der Waals surface area (Å²) in [5, 5.41) is 3.17. The van der Waals surface area contributed by atoms with Crippen LogP contribution in [-0.2, 0) is 11.4 Å². The second-order valence-corrected chi connectivity index (χ2v) is 10.8. The Bertz CT molecular complexity index is 1060. The summed E-state index contributed by atoms with van der Waals surface area (Å²) < 4.78 is 13.6. The Labute approximate surface area is 203 Å². The van der Waals surface area contributed by atoms with Gasteiger partial charge in [0.25, 0.3) is 5.91 Å². The summed E-state index contributed by atoms with van der Waals surface area (Å²) in [6.45, 7) is 8.18. The average molecular weight is 483 g/mol. The molecule has 1 saturated heterocycles. The molecule has 0 saturated carbocycles. The minimum Gasteiger partial charge on any atom is -0.598 e. The molecule has 0 spiro atoms. The van der Waals surface area contributed by atoms with Gasteiger partial charge in [-0.3, -0.25) is 14.7 Å². The number of carbonyl (C=O) groups excluding carboxylic acids is 1. The Morgan fingerprint density at radius 1 is 1.12 bits per heavy atom. The third-order valence-electron chi connectivity index (χ3n) is 5.90. The molecule has 0 bridgehead atoms. The number of thiazole rings is 1. The molecule has 2 heterocycles. The first-order valence-electron chi connectivity index (χ1n) is 11.1. The number of aromatic nitrogens is 1. The molecule has 1 N–H and O–H groups in total. The number of aryl methyl sites for hydroxylation is 1. The van der Waals surface area contributed by atoms with Gasteiger partial charge < -0.3 is 9.87 Å². The summed E-state index contributed by atoms with van der Waals surface area (Å²) in [5.74, 6) is -0.0736. The lowest BCUT2D eigenvalue weighted by molar-refractivity contribution is 0.0922. The van der Waals surface area contributed by atoms with E-state index in [0.29, 0.717) is 5.56 Å². The van der Waals surface area contributed by atoms with Gasteiger partial charge in [0.2, 0.25) is 0 Å². The number of hydrogen-bond acceptors (Lipinski definition) is 6. The first-order chi connectivity index (χ1) is 15.9. The molecular weight excluding hydrogens is 452 g/mol. The molecule has 3 aromatic rings. The van der Waals surface area contributed by atoms with Crippen molar-refractivity contribution in [2.24, 2.45) is 0 Å². The van der Waals surface area contributed by atoms with Gasteiger partial charge in [-0.25, -0.2) is 0 Å². The molecule has 33 heavy (non-hydrogen) atoms. The number of benzene rings is 2. The number of hydrogen-bond donors (Lipinski definition) is 1. The number of nitrogens with zero attached hydrogens (tertiary/aromatic N) is 3. The molecule has 0 aliphatic carbocycles. The van der Waals surface area contributed by atoms with Crippen LogP contribution in [0.25, 0.3) is 21.6 Å². The van der Waals surface area contributed by atoms with Crippen LogP contribution in [0.4, 0.5) is 0 Å². The van der Waals surface area contributed by atoms with Crippen molar-refractivity contribution in [2.75, 3.05) is 39.0 Å². The van der Waals surface area contributed by atoms with Gasteiger partial charge in [0.15, 0.2) is 0 Å². The van der Waals surface area contributed by atoms with Gasteiger partial charge in [-0.15, -0.1) is 15.6 Å². The van der Waals surface area contributed by atoms with Gasteiger partial charge in [0.05, 0.1) is 23.5 Å². The zero-order valence-electron chi connectivity index (χ0n) is 19.3. The highest BCUT2D eigenvalue weighted by molar-refractivity contribution is 7.88. The Hall–Kier alpha value is -2.23. The summed E-state index contributed by atoms with van der Waals surface area (Å²) in [7, 11) is 0. The van der Waals surface area contributed by atoms with Crippen molar-refractivity contribution in [3.05, 3.63) is 65.3 Å². The molecule has 174 valence electrons. The number of rotatable bonds is 7. The Kier molecular flexibility index (Phi) is 7.82. The molecule has 0 radical (unpaired) electrons. The van der Waals surface area contributed by atoms with Crippen LogP contribution in [0, 0.1) is 6.92 Å². The van der Waals surface area contributed by atoms with Gasteiger partial charge in [-0.2, -0.15) is 0 Å². The van der Waals surface area contributed by atoms with Crippen LogP contribution in [0.15, 0.2) is 54.2 Å². The maximum atomic E-state index is 13.2. The van der Waals surface area contributed by atoms with E-state index in [4.69, 9.17) is 0 Å². The molecule has 1 amide bonds. The fourth-order valence-electron chi connectivity index (χ4n) is 4.08. The molecule has 2 atom stereocenters. The normalized spacial score (nSPS) is 17.0. The topological polar surface area (TPSA) is 71.5 Å². The Balaban J connectivity index is 1.49. The van der Waals surface area contributed by atoms with Gasteiger partial charge in [0, 0.05) is 48.8 Å². The highest BCUT2D eigenvalue weighted by Crippen LogP contribution is 2.30. The fraction of sp³-hybridized carbons (Fsp3) is 0.360. The fourth-order valence-corrected chi connectivity index (χ4v) is 5.37. The predicted molar refractivity (Wildman–Crippen MR) is 137 cm³/mol. The lowest BCUT2D eigenvalue weighted by Crippen LogP contribution is -2.51. The molecule has 1 fully saturated rings. The van der Waals surface area contributed by atoms with Gasteiger partial charge in [-0.05, 0) is 48.7 Å². The van der Waals surface area contributed by atoms with Gasteiger partial charge in [-0.1, -0.05) is 29.8 Å². The predicted octanol–water partition coefficient (Wildman–Crippen LogP) is 3.81. The zero-order chi connectivity index (χ0) is 23.4. The zero-order valence-corrected chi connectivity index (χ0v) is 20.9. The number of nitrogens with one attached hydrogen (secondary N) is 1. The summed E-state index contributed by atoms with van der Waals surface area (Å²) in [5.41, 5.74) is 6.76. The number of carbonyl (C=O) groups is 1. The highest BCUT2D eigenvalue weighted by atomic mass is 32.2. The molecule has 6 nitrogen and oxygen atoms in total. The van der Waals surface area contributed by atoms with Crippen LogP contribution in [0.2, 0.25) is 0 Å². The molecule has 1 aliphatic rings. The summed E-state index contributed by atoms with van der Waals surface area (Å²) >= 11 is 0.652. The Morgan fingerprint density at radius 3 is 2.45 bits per heavy atom. The standard InChI is InChI=1S/C25H30N4O2S2/c1-18-4-6-20(7-5-18)21-12-22(24-15-26-17-32-24)14-23(13-21)25(30)27-19(2)16-28-8-10-29(11-9-28)33(3)31/h4-7,12-15,17,19H,8-11,16H2,1-3H3,(H,27,30)/t19-,33?/m1/s1. The van der Waals surface area contributed by atoms with E-state index >= 15 is 0 Å². The summed E-state index contributed by atoms with van der Waals surface area (Å²) in [6.07, 6.45) is 3.57. The Morgan fingerprint density at radius 2 is 1.82 bits per heavy atom. The van der Waals surface area contributed by atoms with E-state index in [1.165, 1.54) is 5.56 Å². The van der Waals surface area contributed by atoms with Crippen LogP contribution < -0.4 is 5.32 Å². The van der Waals surface area contributed by atoms with E-state index in [2.05, 4.69) is 52.5 Å². The van der Waals surface area contributed by atoms with E-state index in [1.807, 2.05) is 35.1 Å². The van der Waals surface area contributed by atoms with E-state index in [0.717, 1.165) is 54.3 Å². The van der Waals surface area contributed by atoms with Gasteiger partial charge in [0.1, 0.15) is 6.26 Å². The largest absolute Gasteiger partial charge is 0.598 e.